The molecule has 0 fully saturated rings. The van der Waals surface area contributed by atoms with Crippen LogP contribution < -0.4 is 10.1 Å². The molecule has 3 rings (SSSR count). The molecule has 0 aliphatic rings. The monoisotopic (exact) mass is 424 g/mol. The maximum atomic E-state index is 12.2. The van der Waals surface area contributed by atoms with Crippen molar-refractivity contribution >= 4 is 17.7 Å². The zero-order valence-electron chi connectivity index (χ0n) is 17.9. The number of thioether (sulfide) groups is 1. The topological polar surface area (TPSA) is 69.0 Å². The van der Waals surface area contributed by atoms with Crippen LogP contribution >= 0.6 is 11.8 Å². The first-order chi connectivity index (χ1) is 14.4. The van der Waals surface area contributed by atoms with Crippen molar-refractivity contribution in [2.24, 2.45) is 0 Å². The van der Waals surface area contributed by atoms with Crippen LogP contribution in [0.2, 0.25) is 0 Å². The van der Waals surface area contributed by atoms with E-state index in [2.05, 4.69) is 42.4 Å². The maximum Gasteiger partial charge on any atom is 0.230 e. The Kier molecular flexibility index (Phi) is 7.52. The van der Waals surface area contributed by atoms with Crippen molar-refractivity contribution in [3.05, 3.63) is 71.0 Å². The standard InChI is InChI=1S/C23H28N4O2S/c1-16(2)27-21(14-29-20-11-10-17(3)12-18(20)4)25-26-23(27)30-15-22(28)24-13-19-8-6-5-7-9-19/h5-12,16H,13-15H2,1-4H3,(H,24,28). The highest BCUT2D eigenvalue weighted by atomic mass is 32.2. The Morgan fingerprint density at radius 2 is 1.90 bits per heavy atom. The third kappa shape index (κ3) is 5.86. The van der Waals surface area contributed by atoms with Crippen LogP contribution in [0.1, 0.15) is 42.4 Å². The molecule has 0 bridgehead atoms. The summed E-state index contributed by atoms with van der Waals surface area (Å²) in [4.78, 5) is 12.2. The molecule has 3 aromatic rings. The molecule has 0 saturated carbocycles. The van der Waals surface area contributed by atoms with Gasteiger partial charge in [0.05, 0.1) is 5.75 Å². The van der Waals surface area contributed by atoms with Gasteiger partial charge >= 0.3 is 0 Å². The minimum absolute atomic E-state index is 0.0322. The maximum absolute atomic E-state index is 12.2. The summed E-state index contributed by atoms with van der Waals surface area (Å²) in [6, 6.07) is 16.1. The number of nitrogens with one attached hydrogen (secondary N) is 1. The summed E-state index contributed by atoms with van der Waals surface area (Å²) in [7, 11) is 0. The van der Waals surface area contributed by atoms with E-state index in [0.29, 0.717) is 13.2 Å². The Balaban J connectivity index is 1.59. The highest BCUT2D eigenvalue weighted by Crippen LogP contribution is 2.24. The highest BCUT2D eigenvalue weighted by molar-refractivity contribution is 7.99. The van der Waals surface area contributed by atoms with E-state index in [1.165, 1.54) is 17.3 Å². The molecule has 0 unspecified atom stereocenters. The Morgan fingerprint density at radius 3 is 2.60 bits per heavy atom. The van der Waals surface area contributed by atoms with Gasteiger partial charge in [0.2, 0.25) is 5.91 Å². The van der Waals surface area contributed by atoms with Gasteiger partial charge in [0.15, 0.2) is 11.0 Å². The van der Waals surface area contributed by atoms with E-state index >= 15 is 0 Å². The number of aromatic nitrogens is 3. The molecule has 0 radical (unpaired) electrons. The minimum atomic E-state index is -0.0322. The number of aryl methyl sites for hydroxylation is 2. The van der Waals surface area contributed by atoms with Gasteiger partial charge in [-0.1, -0.05) is 59.8 Å². The summed E-state index contributed by atoms with van der Waals surface area (Å²) in [5.41, 5.74) is 3.37. The molecule has 158 valence electrons. The predicted octanol–water partition coefficient (Wildman–Crippen LogP) is 4.46. The fourth-order valence-corrected chi connectivity index (χ4v) is 4.02. The van der Waals surface area contributed by atoms with E-state index in [1.54, 1.807) is 0 Å². The fourth-order valence-electron chi connectivity index (χ4n) is 3.10. The lowest BCUT2D eigenvalue weighted by Crippen LogP contribution is -2.24. The summed E-state index contributed by atoms with van der Waals surface area (Å²) in [6.07, 6.45) is 0. The van der Waals surface area contributed by atoms with Gasteiger partial charge in [0, 0.05) is 12.6 Å². The van der Waals surface area contributed by atoms with Crippen molar-refractivity contribution < 1.29 is 9.53 Å². The number of carbonyl (C=O) groups excluding carboxylic acids is 1. The number of rotatable bonds is 9. The van der Waals surface area contributed by atoms with Crippen LogP contribution in [0.4, 0.5) is 0 Å². The summed E-state index contributed by atoms with van der Waals surface area (Å²) >= 11 is 1.39. The zero-order valence-corrected chi connectivity index (χ0v) is 18.7. The largest absolute Gasteiger partial charge is 0.485 e. The van der Waals surface area contributed by atoms with E-state index in [0.717, 1.165) is 27.9 Å². The van der Waals surface area contributed by atoms with Gasteiger partial charge in [0.1, 0.15) is 12.4 Å². The van der Waals surface area contributed by atoms with E-state index in [9.17, 15) is 4.79 Å². The lowest BCUT2D eigenvalue weighted by Gasteiger charge is -2.15. The normalized spacial score (nSPS) is 11.0. The second kappa shape index (κ2) is 10.3. The second-order valence-electron chi connectivity index (χ2n) is 7.47. The number of amides is 1. The lowest BCUT2D eigenvalue weighted by atomic mass is 10.1. The number of ether oxygens (including phenoxy) is 1. The van der Waals surface area contributed by atoms with Crippen molar-refractivity contribution in [3.8, 4) is 5.75 Å². The van der Waals surface area contributed by atoms with Crippen molar-refractivity contribution in [2.45, 2.75) is 52.0 Å². The van der Waals surface area contributed by atoms with Gasteiger partial charge in [-0.05, 0) is 44.9 Å². The molecule has 0 aliphatic heterocycles. The smallest absolute Gasteiger partial charge is 0.230 e. The molecule has 1 heterocycles. The lowest BCUT2D eigenvalue weighted by molar-refractivity contribution is -0.118. The van der Waals surface area contributed by atoms with Crippen LogP contribution in [-0.2, 0) is 17.9 Å². The molecular weight excluding hydrogens is 396 g/mol. The van der Waals surface area contributed by atoms with Crippen molar-refractivity contribution in [1.82, 2.24) is 20.1 Å². The molecule has 6 nitrogen and oxygen atoms in total. The number of hydrogen-bond donors (Lipinski definition) is 1. The number of benzene rings is 2. The van der Waals surface area contributed by atoms with E-state index in [-0.39, 0.29) is 17.7 Å². The number of nitrogens with zero attached hydrogens (tertiary/aromatic N) is 3. The van der Waals surface area contributed by atoms with Crippen LogP contribution in [0.5, 0.6) is 5.75 Å². The molecule has 1 N–H and O–H groups in total. The summed E-state index contributed by atoms with van der Waals surface area (Å²) in [5.74, 6) is 1.84. The third-order valence-corrected chi connectivity index (χ3v) is 5.55. The van der Waals surface area contributed by atoms with E-state index in [1.807, 2.05) is 54.0 Å². The summed E-state index contributed by atoms with van der Waals surface area (Å²) in [6.45, 7) is 9.09. The van der Waals surface area contributed by atoms with Gasteiger partial charge in [-0.15, -0.1) is 10.2 Å². The quantitative estimate of drug-likeness (QED) is 0.514. The molecule has 1 aromatic heterocycles. The highest BCUT2D eigenvalue weighted by Gasteiger charge is 2.17. The first kappa shape index (κ1) is 21.9. The van der Waals surface area contributed by atoms with Crippen molar-refractivity contribution in [2.75, 3.05) is 5.75 Å². The minimum Gasteiger partial charge on any atom is -0.485 e. The van der Waals surface area contributed by atoms with Crippen molar-refractivity contribution in [1.29, 1.82) is 0 Å². The number of hydrogen-bond acceptors (Lipinski definition) is 5. The summed E-state index contributed by atoms with van der Waals surface area (Å²) < 4.78 is 8.01. The Labute approximate surface area is 182 Å². The Morgan fingerprint density at radius 1 is 1.13 bits per heavy atom. The van der Waals surface area contributed by atoms with Gasteiger partial charge < -0.3 is 14.6 Å². The third-order valence-electron chi connectivity index (χ3n) is 4.60. The average molecular weight is 425 g/mol. The molecule has 0 aliphatic carbocycles. The SMILES string of the molecule is Cc1ccc(OCc2nnc(SCC(=O)NCc3ccccc3)n2C(C)C)c(C)c1. The molecule has 0 atom stereocenters. The van der Waals surface area contributed by atoms with Crippen molar-refractivity contribution in [3.63, 3.8) is 0 Å². The average Bonchev–Trinajstić information content (AvgIpc) is 3.14. The van der Waals surface area contributed by atoms with Crippen LogP contribution in [0.15, 0.2) is 53.7 Å². The van der Waals surface area contributed by atoms with Crippen LogP contribution in [0.25, 0.3) is 0 Å². The zero-order chi connectivity index (χ0) is 21.5. The van der Waals surface area contributed by atoms with Gasteiger partial charge in [-0.2, -0.15) is 0 Å². The molecule has 7 heteroatoms. The summed E-state index contributed by atoms with van der Waals surface area (Å²) in [5, 5.41) is 12.3. The first-order valence-corrected chi connectivity index (χ1v) is 11.0. The van der Waals surface area contributed by atoms with Crippen LogP contribution in [0.3, 0.4) is 0 Å². The van der Waals surface area contributed by atoms with E-state index in [4.69, 9.17) is 4.74 Å². The molecule has 30 heavy (non-hydrogen) atoms. The van der Waals surface area contributed by atoms with Gasteiger partial charge in [-0.3, -0.25) is 4.79 Å². The van der Waals surface area contributed by atoms with Crippen LogP contribution in [0, 0.1) is 13.8 Å². The second-order valence-corrected chi connectivity index (χ2v) is 8.41. The van der Waals surface area contributed by atoms with Crippen LogP contribution in [-0.4, -0.2) is 26.4 Å². The molecule has 2 aromatic carbocycles. The molecule has 1 amide bonds. The Bertz CT molecular complexity index is 986. The molecule has 0 spiro atoms. The van der Waals surface area contributed by atoms with Gasteiger partial charge in [-0.25, -0.2) is 0 Å². The number of carbonyl (C=O) groups is 1. The fraction of sp³-hybridized carbons (Fsp3) is 0.348. The van der Waals surface area contributed by atoms with Gasteiger partial charge in [0.25, 0.3) is 0 Å². The first-order valence-electron chi connectivity index (χ1n) is 10.0. The Hall–Kier alpha value is -2.80. The molecule has 0 saturated heterocycles. The van der Waals surface area contributed by atoms with E-state index < -0.39 is 0 Å². The predicted molar refractivity (Wildman–Crippen MR) is 120 cm³/mol. The molecular formula is C23H28N4O2S.